The number of hydrogen-bond acceptors (Lipinski definition) is 3. The predicted octanol–water partition coefficient (Wildman–Crippen LogP) is 4.28. The Balaban J connectivity index is 1.31. The van der Waals surface area contributed by atoms with Crippen molar-refractivity contribution in [1.82, 2.24) is 10.2 Å². The summed E-state index contributed by atoms with van der Waals surface area (Å²) < 4.78 is 6.06. The molecule has 4 nitrogen and oxygen atoms in total. The van der Waals surface area contributed by atoms with Crippen molar-refractivity contribution in [2.75, 3.05) is 13.1 Å². The summed E-state index contributed by atoms with van der Waals surface area (Å²) in [5, 5.41) is 4.67. The summed E-state index contributed by atoms with van der Waals surface area (Å²) in [4.78, 5) is 14.8. The summed E-state index contributed by atoms with van der Waals surface area (Å²) >= 11 is 12.0. The molecule has 1 amide bonds. The minimum absolute atomic E-state index is 0.0224. The number of fused-ring (bicyclic) bond motifs is 2. The molecule has 3 fully saturated rings. The van der Waals surface area contributed by atoms with E-state index in [0.717, 1.165) is 32.2 Å². The van der Waals surface area contributed by atoms with Crippen LogP contribution in [-0.2, 0) is 4.79 Å². The number of benzene rings is 1. The van der Waals surface area contributed by atoms with E-state index in [1.807, 2.05) is 11.0 Å². The van der Waals surface area contributed by atoms with E-state index in [-0.39, 0.29) is 6.10 Å². The summed E-state index contributed by atoms with van der Waals surface area (Å²) in [6.07, 6.45) is 7.51. The summed E-state index contributed by atoms with van der Waals surface area (Å²) in [7, 11) is 0. The fraction of sp³-hybridized carbons (Fsp3) is 0.650. The van der Waals surface area contributed by atoms with E-state index in [4.69, 9.17) is 27.9 Å². The van der Waals surface area contributed by atoms with Gasteiger partial charge in [0.25, 0.3) is 0 Å². The van der Waals surface area contributed by atoms with E-state index in [2.05, 4.69) is 5.32 Å². The predicted molar refractivity (Wildman–Crippen MR) is 104 cm³/mol. The number of amides is 1. The van der Waals surface area contributed by atoms with Crippen molar-refractivity contribution in [3.63, 3.8) is 0 Å². The second-order valence-corrected chi connectivity index (χ2v) is 8.79. The number of halogens is 2. The SMILES string of the molecule is O=C(CC1CC2CCC(C1)N2)N1CCCC(Oc2ccc(Cl)c(Cl)c2)C1. The van der Waals surface area contributed by atoms with Crippen LogP contribution < -0.4 is 10.1 Å². The highest BCUT2D eigenvalue weighted by Crippen LogP contribution is 2.33. The number of nitrogens with zero attached hydrogens (tertiary/aromatic N) is 1. The Hall–Kier alpha value is -0.970. The lowest BCUT2D eigenvalue weighted by atomic mass is 9.89. The Bertz CT molecular complexity index is 657. The fourth-order valence-corrected chi connectivity index (χ4v) is 5.01. The molecule has 3 saturated heterocycles. The summed E-state index contributed by atoms with van der Waals surface area (Å²) in [5.41, 5.74) is 0. The van der Waals surface area contributed by atoms with Gasteiger partial charge in [-0.2, -0.15) is 0 Å². The minimum Gasteiger partial charge on any atom is -0.489 e. The van der Waals surface area contributed by atoms with E-state index in [9.17, 15) is 4.79 Å². The Morgan fingerprint density at radius 2 is 1.92 bits per heavy atom. The van der Waals surface area contributed by atoms with Crippen LogP contribution in [0.5, 0.6) is 5.75 Å². The lowest BCUT2D eigenvalue weighted by molar-refractivity contribution is -0.135. The molecule has 142 valence electrons. The third-order valence-corrected chi connectivity index (χ3v) is 6.70. The van der Waals surface area contributed by atoms with Crippen molar-refractivity contribution >= 4 is 29.1 Å². The number of piperidine rings is 2. The molecule has 3 aliphatic rings. The molecule has 1 aromatic carbocycles. The van der Waals surface area contributed by atoms with Crippen LogP contribution in [0.25, 0.3) is 0 Å². The monoisotopic (exact) mass is 396 g/mol. The molecule has 6 heteroatoms. The standard InChI is InChI=1S/C20H26Cl2N2O2/c21-18-6-5-16(11-19(18)22)26-17-2-1-7-24(12-17)20(25)10-13-8-14-3-4-15(9-13)23-14/h5-6,11,13-15,17,23H,1-4,7-10,12H2. The van der Waals surface area contributed by atoms with Crippen LogP contribution in [0.1, 0.15) is 44.9 Å². The third kappa shape index (κ3) is 4.29. The van der Waals surface area contributed by atoms with E-state index in [1.54, 1.807) is 12.1 Å². The first-order valence-corrected chi connectivity index (χ1v) is 10.5. The topological polar surface area (TPSA) is 41.6 Å². The molecule has 2 bridgehead atoms. The third-order valence-electron chi connectivity index (χ3n) is 5.96. The first kappa shape index (κ1) is 18.4. The van der Waals surface area contributed by atoms with Crippen molar-refractivity contribution in [3.05, 3.63) is 28.2 Å². The molecule has 3 heterocycles. The lowest BCUT2D eigenvalue weighted by Crippen LogP contribution is -2.46. The zero-order chi connectivity index (χ0) is 18.1. The molecule has 26 heavy (non-hydrogen) atoms. The highest BCUT2D eigenvalue weighted by Gasteiger charge is 2.35. The van der Waals surface area contributed by atoms with Crippen LogP contribution >= 0.6 is 23.2 Å². The normalized spacial score (nSPS) is 31.1. The maximum absolute atomic E-state index is 12.8. The molecule has 3 unspecified atom stereocenters. The molecule has 0 aromatic heterocycles. The second-order valence-electron chi connectivity index (χ2n) is 7.98. The Morgan fingerprint density at radius 3 is 2.65 bits per heavy atom. The van der Waals surface area contributed by atoms with E-state index in [0.29, 0.717) is 52.7 Å². The zero-order valence-corrected chi connectivity index (χ0v) is 16.4. The van der Waals surface area contributed by atoms with Crippen LogP contribution in [-0.4, -0.2) is 42.1 Å². The summed E-state index contributed by atoms with van der Waals surface area (Å²) in [5.74, 6) is 1.55. The number of ether oxygens (including phenoxy) is 1. The van der Waals surface area contributed by atoms with Gasteiger partial charge in [0.1, 0.15) is 11.9 Å². The molecule has 0 spiro atoms. The first-order chi connectivity index (χ1) is 12.6. The molecular formula is C20H26Cl2N2O2. The number of carbonyl (C=O) groups is 1. The second kappa shape index (κ2) is 7.95. The molecule has 0 radical (unpaired) electrons. The number of rotatable bonds is 4. The highest BCUT2D eigenvalue weighted by atomic mass is 35.5. The van der Waals surface area contributed by atoms with Crippen molar-refractivity contribution in [2.45, 2.75) is 63.1 Å². The van der Waals surface area contributed by atoms with Gasteiger partial charge in [0.2, 0.25) is 5.91 Å². The van der Waals surface area contributed by atoms with Gasteiger partial charge in [-0.1, -0.05) is 23.2 Å². The van der Waals surface area contributed by atoms with Crippen LogP contribution in [0.3, 0.4) is 0 Å². The van der Waals surface area contributed by atoms with E-state index in [1.165, 1.54) is 12.8 Å². The smallest absolute Gasteiger partial charge is 0.222 e. The molecule has 1 N–H and O–H groups in total. The van der Waals surface area contributed by atoms with Gasteiger partial charge < -0.3 is 15.0 Å². The number of carbonyl (C=O) groups excluding carboxylic acids is 1. The van der Waals surface area contributed by atoms with Crippen molar-refractivity contribution in [1.29, 1.82) is 0 Å². The fourth-order valence-electron chi connectivity index (χ4n) is 4.72. The molecule has 4 rings (SSSR count). The van der Waals surface area contributed by atoms with E-state index < -0.39 is 0 Å². The molecule has 0 aliphatic carbocycles. The van der Waals surface area contributed by atoms with Crippen LogP contribution in [0.2, 0.25) is 10.0 Å². The van der Waals surface area contributed by atoms with Crippen molar-refractivity contribution in [2.24, 2.45) is 5.92 Å². The van der Waals surface area contributed by atoms with Crippen molar-refractivity contribution < 1.29 is 9.53 Å². The quantitative estimate of drug-likeness (QED) is 0.825. The number of nitrogens with one attached hydrogen (secondary N) is 1. The number of likely N-dealkylation sites (tertiary alicyclic amines) is 1. The van der Waals surface area contributed by atoms with Gasteiger partial charge in [0.05, 0.1) is 16.6 Å². The Kier molecular flexibility index (Phi) is 5.63. The van der Waals surface area contributed by atoms with Gasteiger partial charge in [0, 0.05) is 31.1 Å². The summed E-state index contributed by atoms with van der Waals surface area (Å²) in [6, 6.07) is 6.60. The van der Waals surface area contributed by atoms with Crippen LogP contribution in [0.15, 0.2) is 18.2 Å². The zero-order valence-electron chi connectivity index (χ0n) is 14.9. The Labute approximate surface area is 165 Å². The van der Waals surface area contributed by atoms with Gasteiger partial charge in [-0.05, 0) is 56.6 Å². The lowest BCUT2D eigenvalue weighted by Gasteiger charge is -2.35. The molecular weight excluding hydrogens is 371 g/mol. The maximum atomic E-state index is 12.8. The molecule has 3 aliphatic heterocycles. The highest BCUT2D eigenvalue weighted by molar-refractivity contribution is 6.42. The molecule has 1 aromatic rings. The number of hydrogen-bond donors (Lipinski definition) is 1. The van der Waals surface area contributed by atoms with Gasteiger partial charge >= 0.3 is 0 Å². The van der Waals surface area contributed by atoms with Gasteiger partial charge in [-0.3, -0.25) is 4.79 Å². The summed E-state index contributed by atoms with van der Waals surface area (Å²) in [6.45, 7) is 1.51. The van der Waals surface area contributed by atoms with Crippen molar-refractivity contribution in [3.8, 4) is 5.75 Å². The van der Waals surface area contributed by atoms with Crippen LogP contribution in [0, 0.1) is 5.92 Å². The van der Waals surface area contributed by atoms with Gasteiger partial charge in [-0.15, -0.1) is 0 Å². The largest absolute Gasteiger partial charge is 0.489 e. The van der Waals surface area contributed by atoms with Gasteiger partial charge in [-0.25, -0.2) is 0 Å². The Morgan fingerprint density at radius 1 is 1.15 bits per heavy atom. The maximum Gasteiger partial charge on any atom is 0.222 e. The van der Waals surface area contributed by atoms with E-state index >= 15 is 0 Å². The van der Waals surface area contributed by atoms with Crippen LogP contribution in [0.4, 0.5) is 0 Å². The molecule has 0 saturated carbocycles. The van der Waals surface area contributed by atoms with Gasteiger partial charge in [0.15, 0.2) is 0 Å². The minimum atomic E-state index is 0.0224. The average molecular weight is 397 g/mol. The molecule has 3 atom stereocenters. The average Bonchev–Trinajstić information content (AvgIpc) is 2.97. The first-order valence-electron chi connectivity index (χ1n) is 9.72.